The predicted octanol–water partition coefficient (Wildman–Crippen LogP) is 2.30. The first kappa shape index (κ1) is 15.9. The van der Waals surface area contributed by atoms with Crippen molar-refractivity contribution in [2.45, 2.75) is 30.3 Å². The summed E-state index contributed by atoms with van der Waals surface area (Å²) < 4.78 is 27.0. The Hall–Kier alpha value is -1.43. The SMILES string of the molecule is C=CCN(CC=C)S(=O)(=O)c1ccccc1CNC1CC1. The Balaban J connectivity index is 2.28. The molecule has 0 bridgehead atoms. The second kappa shape index (κ2) is 7.02. The van der Waals surface area contributed by atoms with Gasteiger partial charge in [-0.25, -0.2) is 8.42 Å². The number of nitrogens with one attached hydrogen (secondary N) is 1. The first-order chi connectivity index (χ1) is 10.1. The van der Waals surface area contributed by atoms with E-state index in [0.29, 0.717) is 17.5 Å². The largest absolute Gasteiger partial charge is 0.310 e. The van der Waals surface area contributed by atoms with E-state index in [1.807, 2.05) is 12.1 Å². The molecule has 114 valence electrons. The summed E-state index contributed by atoms with van der Waals surface area (Å²) in [5, 5.41) is 3.37. The lowest BCUT2D eigenvalue weighted by atomic mass is 10.2. The second-order valence-corrected chi connectivity index (χ2v) is 7.07. The minimum absolute atomic E-state index is 0.277. The molecular weight excluding hydrogens is 284 g/mol. The molecule has 0 heterocycles. The van der Waals surface area contributed by atoms with Crippen molar-refractivity contribution in [3.63, 3.8) is 0 Å². The first-order valence-electron chi connectivity index (χ1n) is 7.13. The maximum Gasteiger partial charge on any atom is 0.243 e. The predicted molar refractivity (Wildman–Crippen MR) is 85.5 cm³/mol. The molecule has 1 fully saturated rings. The zero-order valence-corrected chi connectivity index (χ0v) is 13.0. The van der Waals surface area contributed by atoms with Crippen LogP contribution in [0.2, 0.25) is 0 Å². The van der Waals surface area contributed by atoms with Gasteiger partial charge in [0.2, 0.25) is 10.0 Å². The standard InChI is InChI=1S/C16H22N2O2S/c1-3-11-18(12-4-2)21(19,20)16-8-6-5-7-14(16)13-17-15-9-10-15/h3-8,15,17H,1-2,9-13H2. The molecule has 1 aromatic rings. The van der Waals surface area contributed by atoms with Crippen molar-refractivity contribution in [3.05, 3.63) is 55.1 Å². The summed E-state index contributed by atoms with van der Waals surface area (Å²) in [7, 11) is -3.53. The molecule has 1 aromatic carbocycles. The van der Waals surface area contributed by atoms with Gasteiger partial charge in [-0.2, -0.15) is 4.31 Å². The maximum absolute atomic E-state index is 12.8. The van der Waals surface area contributed by atoms with Crippen LogP contribution in [-0.2, 0) is 16.6 Å². The third-order valence-corrected chi connectivity index (χ3v) is 5.35. The van der Waals surface area contributed by atoms with Crippen LogP contribution in [0.25, 0.3) is 0 Å². The molecule has 5 heteroatoms. The van der Waals surface area contributed by atoms with Crippen molar-refractivity contribution in [1.29, 1.82) is 0 Å². The molecule has 0 saturated heterocycles. The van der Waals surface area contributed by atoms with E-state index in [9.17, 15) is 8.42 Å². The Morgan fingerprint density at radius 3 is 2.38 bits per heavy atom. The molecule has 0 aliphatic heterocycles. The fourth-order valence-electron chi connectivity index (χ4n) is 2.14. The highest BCUT2D eigenvalue weighted by Gasteiger charge is 2.26. The number of hydrogen-bond donors (Lipinski definition) is 1. The summed E-state index contributed by atoms with van der Waals surface area (Å²) in [6, 6.07) is 7.70. The first-order valence-corrected chi connectivity index (χ1v) is 8.57. The van der Waals surface area contributed by atoms with Gasteiger partial charge in [0.15, 0.2) is 0 Å². The molecule has 0 unspecified atom stereocenters. The highest BCUT2D eigenvalue weighted by Crippen LogP contribution is 2.23. The summed E-state index contributed by atoms with van der Waals surface area (Å²) in [6.45, 7) is 8.39. The number of rotatable bonds is 9. The molecular formula is C16H22N2O2S. The van der Waals surface area contributed by atoms with E-state index in [1.54, 1.807) is 24.3 Å². The molecule has 0 spiro atoms. The van der Waals surface area contributed by atoms with E-state index < -0.39 is 10.0 Å². The van der Waals surface area contributed by atoms with Crippen molar-refractivity contribution in [3.8, 4) is 0 Å². The summed E-state index contributed by atoms with van der Waals surface area (Å²) in [4.78, 5) is 0.363. The van der Waals surface area contributed by atoms with Crippen molar-refractivity contribution in [1.82, 2.24) is 9.62 Å². The molecule has 21 heavy (non-hydrogen) atoms. The monoisotopic (exact) mass is 306 g/mol. The molecule has 0 atom stereocenters. The molecule has 1 N–H and O–H groups in total. The van der Waals surface area contributed by atoms with Crippen LogP contribution in [0.4, 0.5) is 0 Å². The average molecular weight is 306 g/mol. The number of benzene rings is 1. The van der Waals surface area contributed by atoms with Gasteiger partial charge in [-0.3, -0.25) is 0 Å². The fourth-order valence-corrected chi connectivity index (χ4v) is 3.74. The van der Waals surface area contributed by atoms with E-state index in [4.69, 9.17) is 0 Å². The third-order valence-electron chi connectivity index (χ3n) is 3.41. The van der Waals surface area contributed by atoms with Crippen LogP contribution in [0.15, 0.2) is 54.5 Å². The van der Waals surface area contributed by atoms with Crippen LogP contribution in [-0.4, -0.2) is 31.9 Å². The average Bonchev–Trinajstić information content (AvgIpc) is 3.29. The molecule has 1 aliphatic carbocycles. The Kier molecular flexibility index (Phi) is 5.33. The van der Waals surface area contributed by atoms with Crippen LogP contribution in [0.1, 0.15) is 18.4 Å². The Morgan fingerprint density at radius 2 is 1.81 bits per heavy atom. The lowest BCUT2D eigenvalue weighted by molar-refractivity contribution is 0.473. The zero-order valence-electron chi connectivity index (χ0n) is 12.2. The van der Waals surface area contributed by atoms with Gasteiger partial charge < -0.3 is 5.32 Å². The van der Waals surface area contributed by atoms with Crippen LogP contribution >= 0.6 is 0 Å². The van der Waals surface area contributed by atoms with Gasteiger partial charge in [0.05, 0.1) is 4.90 Å². The zero-order chi connectivity index (χ0) is 15.3. The van der Waals surface area contributed by atoms with E-state index in [1.165, 1.54) is 17.1 Å². The Labute approximate surface area is 127 Å². The lowest BCUT2D eigenvalue weighted by Gasteiger charge is -2.21. The van der Waals surface area contributed by atoms with Crippen LogP contribution in [0.3, 0.4) is 0 Å². The summed E-state index contributed by atoms with van der Waals surface area (Å²) >= 11 is 0. The molecule has 2 rings (SSSR count). The van der Waals surface area contributed by atoms with E-state index in [-0.39, 0.29) is 13.1 Å². The van der Waals surface area contributed by atoms with Crippen molar-refractivity contribution in [2.24, 2.45) is 0 Å². The van der Waals surface area contributed by atoms with Crippen LogP contribution in [0.5, 0.6) is 0 Å². The molecule has 1 aliphatic rings. The smallest absolute Gasteiger partial charge is 0.243 e. The minimum Gasteiger partial charge on any atom is -0.310 e. The van der Waals surface area contributed by atoms with Crippen LogP contribution < -0.4 is 5.32 Å². The molecule has 0 radical (unpaired) electrons. The Morgan fingerprint density at radius 1 is 1.19 bits per heavy atom. The lowest BCUT2D eigenvalue weighted by Crippen LogP contribution is -2.32. The highest BCUT2D eigenvalue weighted by atomic mass is 32.2. The minimum atomic E-state index is -3.53. The van der Waals surface area contributed by atoms with Gasteiger partial charge >= 0.3 is 0 Å². The van der Waals surface area contributed by atoms with Gasteiger partial charge in [-0.05, 0) is 24.5 Å². The Bertz CT molecular complexity index is 596. The van der Waals surface area contributed by atoms with Gasteiger partial charge in [0, 0.05) is 25.7 Å². The highest BCUT2D eigenvalue weighted by molar-refractivity contribution is 7.89. The summed E-state index contributed by atoms with van der Waals surface area (Å²) in [5.74, 6) is 0. The quantitative estimate of drug-likeness (QED) is 0.712. The van der Waals surface area contributed by atoms with Gasteiger partial charge in [-0.15, -0.1) is 13.2 Å². The van der Waals surface area contributed by atoms with E-state index >= 15 is 0 Å². The molecule has 4 nitrogen and oxygen atoms in total. The maximum atomic E-state index is 12.8. The topological polar surface area (TPSA) is 49.4 Å². The van der Waals surface area contributed by atoms with Gasteiger partial charge in [0.25, 0.3) is 0 Å². The molecule has 1 saturated carbocycles. The van der Waals surface area contributed by atoms with Gasteiger partial charge in [-0.1, -0.05) is 30.4 Å². The fraction of sp³-hybridized carbons (Fsp3) is 0.375. The number of hydrogen-bond acceptors (Lipinski definition) is 3. The number of sulfonamides is 1. The van der Waals surface area contributed by atoms with Crippen molar-refractivity contribution < 1.29 is 8.42 Å². The molecule has 0 aromatic heterocycles. The summed E-state index contributed by atoms with van der Waals surface area (Å²) in [6.07, 6.45) is 5.53. The van der Waals surface area contributed by atoms with E-state index in [0.717, 1.165) is 5.56 Å². The molecule has 0 amide bonds. The summed E-state index contributed by atoms with van der Waals surface area (Å²) in [5.41, 5.74) is 0.808. The normalized spacial score (nSPS) is 15.1. The van der Waals surface area contributed by atoms with Crippen LogP contribution in [0, 0.1) is 0 Å². The van der Waals surface area contributed by atoms with E-state index in [2.05, 4.69) is 18.5 Å². The van der Waals surface area contributed by atoms with Crippen molar-refractivity contribution in [2.75, 3.05) is 13.1 Å². The third kappa shape index (κ3) is 4.03. The number of nitrogens with zero attached hydrogens (tertiary/aromatic N) is 1. The second-order valence-electron chi connectivity index (χ2n) is 5.16. The van der Waals surface area contributed by atoms with Gasteiger partial charge in [0.1, 0.15) is 0 Å². The van der Waals surface area contributed by atoms with Crippen molar-refractivity contribution >= 4 is 10.0 Å².